The van der Waals surface area contributed by atoms with E-state index < -0.39 is 0 Å². The molecule has 0 spiro atoms. The van der Waals surface area contributed by atoms with E-state index in [2.05, 4.69) is 0 Å². The summed E-state index contributed by atoms with van der Waals surface area (Å²) in [6.07, 6.45) is 2.66. The summed E-state index contributed by atoms with van der Waals surface area (Å²) in [6, 6.07) is 5.89. The Labute approximate surface area is 116 Å². The fraction of sp³-hybridized carbons (Fsp3) is 0.438. The molecular formula is C16H17FO3. The number of halogens is 1. The minimum absolute atomic E-state index is 0.0124. The monoisotopic (exact) mass is 276 g/mol. The van der Waals surface area contributed by atoms with Crippen LogP contribution in [0.25, 0.3) is 11.0 Å². The Morgan fingerprint density at radius 3 is 2.95 bits per heavy atom. The molecule has 0 radical (unpaired) electrons. The van der Waals surface area contributed by atoms with E-state index in [-0.39, 0.29) is 11.6 Å². The Balaban J connectivity index is 1.64. The van der Waals surface area contributed by atoms with E-state index >= 15 is 0 Å². The number of fused-ring (bicyclic) bond motifs is 1. The van der Waals surface area contributed by atoms with Crippen LogP contribution in [-0.2, 0) is 4.74 Å². The lowest BCUT2D eigenvalue weighted by Gasteiger charge is -2.34. The number of Topliss-reactive ketones (excluding diaryl/α,β-unsaturated/α-hetero) is 1. The summed E-state index contributed by atoms with van der Waals surface area (Å²) in [5.41, 5.74) is 0.551. The van der Waals surface area contributed by atoms with Crippen LogP contribution in [0.4, 0.5) is 4.39 Å². The first kappa shape index (κ1) is 13.3. The molecule has 1 heterocycles. The van der Waals surface area contributed by atoms with Crippen molar-refractivity contribution in [2.75, 3.05) is 6.61 Å². The van der Waals surface area contributed by atoms with Crippen LogP contribution >= 0.6 is 0 Å². The normalized spacial score (nSPS) is 21.9. The van der Waals surface area contributed by atoms with Crippen LogP contribution in [0.2, 0.25) is 0 Å². The molecule has 20 heavy (non-hydrogen) atoms. The topological polar surface area (TPSA) is 39.4 Å². The Kier molecular flexibility index (Phi) is 3.57. The number of rotatable bonds is 5. The number of ether oxygens (including phenoxy) is 1. The van der Waals surface area contributed by atoms with Crippen molar-refractivity contribution in [3.05, 3.63) is 35.8 Å². The molecule has 106 valence electrons. The smallest absolute Gasteiger partial charge is 0.198 e. The van der Waals surface area contributed by atoms with Gasteiger partial charge in [0.1, 0.15) is 11.4 Å². The number of carbonyl (C=O) groups excluding carboxylic acids is 1. The van der Waals surface area contributed by atoms with E-state index in [0.29, 0.717) is 35.2 Å². The Morgan fingerprint density at radius 1 is 1.40 bits per heavy atom. The Bertz CT molecular complexity index is 626. The zero-order valence-corrected chi connectivity index (χ0v) is 11.4. The Morgan fingerprint density at radius 2 is 2.20 bits per heavy atom. The summed E-state index contributed by atoms with van der Waals surface area (Å²) in [5.74, 6) is 0.367. The molecule has 0 atom stereocenters. The van der Waals surface area contributed by atoms with Crippen molar-refractivity contribution in [3.8, 4) is 0 Å². The van der Waals surface area contributed by atoms with Crippen molar-refractivity contribution in [1.29, 1.82) is 0 Å². The number of hydrogen-bond donors (Lipinski definition) is 0. The van der Waals surface area contributed by atoms with E-state index in [9.17, 15) is 9.18 Å². The van der Waals surface area contributed by atoms with Gasteiger partial charge in [-0.3, -0.25) is 4.79 Å². The largest absolute Gasteiger partial charge is 0.453 e. The van der Waals surface area contributed by atoms with Crippen molar-refractivity contribution in [2.45, 2.75) is 32.3 Å². The van der Waals surface area contributed by atoms with Gasteiger partial charge in [-0.05, 0) is 49.9 Å². The van der Waals surface area contributed by atoms with E-state index in [1.807, 2.05) is 6.92 Å². The van der Waals surface area contributed by atoms with Gasteiger partial charge in [0.25, 0.3) is 0 Å². The van der Waals surface area contributed by atoms with E-state index in [4.69, 9.17) is 9.15 Å². The van der Waals surface area contributed by atoms with Crippen LogP contribution in [0, 0.1) is 11.7 Å². The van der Waals surface area contributed by atoms with Gasteiger partial charge < -0.3 is 9.15 Å². The average Bonchev–Trinajstić information content (AvgIpc) is 2.79. The number of ketones is 1. The van der Waals surface area contributed by atoms with E-state index in [1.165, 1.54) is 12.1 Å². The molecule has 0 unspecified atom stereocenters. The van der Waals surface area contributed by atoms with Gasteiger partial charge in [-0.15, -0.1) is 0 Å². The van der Waals surface area contributed by atoms with Crippen molar-refractivity contribution >= 4 is 16.8 Å². The van der Waals surface area contributed by atoms with Crippen LogP contribution in [0.15, 0.2) is 28.7 Å². The van der Waals surface area contributed by atoms with Crippen molar-refractivity contribution < 1.29 is 18.3 Å². The fourth-order valence-electron chi connectivity index (χ4n) is 2.73. The highest BCUT2D eigenvalue weighted by molar-refractivity contribution is 5.97. The minimum Gasteiger partial charge on any atom is -0.453 e. The van der Waals surface area contributed by atoms with Crippen LogP contribution in [0.5, 0.6) is 0 Å². The molecule has 1 fully saturated rings. The zero-order chi connectivity index (χ0) is 14.1. The lowest BCUT2D eigenvalue weighted by molar-refractivity contribution is -0.0247. The first-order valence-corrected chi connectivity index (χ1v) is 6.99. The summed E-state index contributed by atoms with van der Waals surface area (Å²) >= 11 is 0. The van der Waals surface area contributed by atoms with Gasteiger partial charge in [-0.2, -0.15) is 0 Å². The Hall–Kier alpha value is -1.68. The number of benzene rings is 1. The molecule has 0 N–H and O–H groups in total. The average molecular weight is 276 g/mol. The predicted molar refractivity (Wildman–Crippen MR) is 73.3 cm³/mol. The van der Waals surface area contributed by atoms with Gasteiger partial charge in [0.2, 0.25) is 0 Å². The summed E-state index contributed by atoms with van der Waals surface area (Å²) in [4.78, 5) is 12.1. The highest BCUT2D eigenvalue weighted by Crippen LogP contribution is 2.34. The molecule has 0 bridgehead atoms. The summed E-state index contributed by atoms with van der Waals surface area (Å²) in [6.45, 7) is 2.70. The van der Waals surface area contributed by atoms with Gasteiger partial charge in [-0.25, -0.2) is 4.39 Å². The van der Waals surface area contributed by atoms with E-state index in [0.717, 1.165) is 19.4 Å². The molecule has 1 aromatic carbocycles. The quantitative estimate of drug-likeness (QED) is 0.776. The minimum atomic E-state index is -0.323. The van der Waals surface area contributed by atoms with Crippen LogP contribution in [0.3, 0.4) is 0 Å². The molecule has 0 saturated heterocycles. The van der Waals surface area contributed by atoms with Gasteiger partial charge in [0.15, 0.2) is 11.5 Å². The molecule has 1 aliphatic carbocycles. The second kappa shape index (κ2) is 5.37. The highest BCUT2D eigenvalue weighted by Gasteiger charge is 2.31. The van der Waals surface area contributed by atoms with E-state index in [1.54, 1.807) is 12.1 Å². The van der Waals surface area contributed by atoms with Crippen LogP contribution in [-0.4, -0.2) is 18.5 Å². The first-order valence-electron chi connectivity index (χ1n) is 6.99. The molecule has 2 aromatic rings. The maximum Gasteiger partial charge on any atom is 0.198 e. The maximum atomic E-state index is 13.1. The number of furan rings is 1. The first-order chi connectivity index (χ1) is 9.65. The second-order valence-corrected chi connectivity index (χ2v) is 5.33. The highest BCUT2D eigenvalue weighted by atomic mass is 19.1. The summed E-state index contributed by atoms with van der Waals surface area (Å²) < 4.78 is 24.1. The third kappa shape index (κ3) is 2.61. The second-order valence-electron chi connectivity index (χ2n) is 5.33. The molecule has 1 aromatic heterocycles. The molecular weight excluding hydrogens is 259 g/mol. The lowest BCUT2D eigenvalue weighted by atomic mass is 9.79. The number of hydrogen-bond acceptors (Lipinski definition) is 3. The third-order valence-corrected chi connectivity index (χ3v) is 3.82. The van der Waals surface area contributed by atoms with Crippen molar-refractivity contribution in [1.82, 2.24) is 0 Å². The fourth-order valence-corrected chi connectivity index (χ4v) is 2.73. The predicted octanol–water partition coefficient (Wildman–Crippen LogP) is 3.96. The summed E-state index contributed by atoms with van der Waals surface area (Å²) in [5, 5.41) is 0.633. The zero-order valence-electron chi connectivity index (χ0n) is 11.4. The van der Waals surface area contributed by atoms with Crippen LogP contribution < -0.4 is 0 Å². The molecule has 1 saturated carbocycles. The molecule has 1 aliphatic rings. The van der Waals surface area contributed by atoms with Gasteiger partial charge in [-0.1, -0.05) is 0 Å². The van der Waals surface area contributed by atoms with Crippen molar-refractivity contribution in [2.24, 2.45) is 5.92 Å². The molecule has 4 heteroatoms. The SMILES string of the molecule is CCOC1CC(CC(=O)c2cc3cc(F)ccc3o2)C1. The molecule has 3 rings (SSSR count). The molecule has 0 amide bonds. The third-order valence-electron chi connectivity index (χ3n) is 3.82. The van der Waals surface area contributed by atoms with Crippen LogP contribution in [0.1, 0.15) is 36.7 Å². The maximum absolute atomic E-state index is 13.1. The van der Waals surface area contributed by atoms with Gasteiger partial charge in [0, 0.05) is 18.4 Å². The molecule has 3 nitrogen and oxygen atoms in total. The van der Waals surface area contributed by atoms with Crippen molar-refractivity contribution in [3.63, 3.8) is 0 Å². The van der Waals surface area contributed by atoms with Gasteiger partial charge in [0.05, 0.1) is 6.10 Å². The van der Waals surface area contributed by atoms with Gasteiger partial charge >= 0.3 is 0 Å². The standard InChI is InChI=1S/C16H17FO3/c1-2-19-13-5-10(6-13)7-14(18)16-9-11-8-12(17)3-4-15(11)20-16/h3-4,8-10,13H,2,5-7H2,1H3. The molecule has 0 aliphatic heterocycles. The number of carbonyl (C=O) groups is 1. The summed E-state index contributed by atoms with van der Waals surface area (Å²) in [7, 11) is 0. The lowest BCUT2D eigenvalue weighted by Crippen LogP contribution is -2.32.